The molecule has 164 valence electrons. The van der Waals surface area contributed by atoms with Gasteiger partial charge in [-0.3, -0.25) is 4.79 Å². The minimum Gasteiger partial charge on any atom is -0.497 e. The molecule has 0 saturated carbocycles. The van der Waals surface area contributed by atoms with Crippen LogP contribution in [0.1, 0.15) is 16.9 Å². The van der Waals surface area contributed by atoms with Crippen molar-refractivity contribution in [3.8, 4) is 22.7 Å². The van der Waals surface area contributed by atoms with E-state index in [0.717, 1.165) is 47.7 Å². The number of aromatic nitrogens is 3. The highest BCUT2D eigenvalue weighted by Gasteiger charge is 2.30. The summed E-state index contributed by atoms with van der Waals surface area (Å²) in [7, 11) is 5.80. The smallest absolute Gasteiger partial charge is 0.272 e. The zero-order valence-corrected chi connectivity index (χ0v) is 18.6. The van der Waals surface area contributed by atoms with E-state index >= 15 is 0 Å². The average Bonchev–Trinajstić information content (AvgIpc) is 3.57. The van der Waals surface area contributed by atoms with Crippen molar-refractivity contribution in [3.63, 3.8) is 0 Å². The highest BCUT2D eigenvalue weighted by atomic mass is 16.5. The van der Waals surface area contributed by atoms with Gasteiger partial charge in [-0.05, 0) is 68.0 Å². The van der Waals surface area contributed by atoms with Crippen LogP contribution >= 0.6 is 0 Å². The third kappa shape index (κ3) is 3.54. The number of ether oxygens (including phenoxy) is 1. The summed E-state index contributed by atoms with van der Waals surface area (Å²) in [5, 5.41) is 4.50. The molecule has 1 fully saturated rings. The van der Waals surface area contributed by atoms with Gasteiger partial charge in [0.15, 0.2) is 0 Å². The van der Waals surface area contributed by atoms with Gasteiger partial charge in [-0.1, -0.05) is 18.2 Å². The number of carbonyl (C=O) groups excluding carboxylic acids is 1. The average molecular weight is 430 g/mol. The molecule has 3 aromatic heterocycles. The first-order valence-corrected chi connectivity index (χ1v) is 10.8. The molecule has 7 heteroatoms. The van der Waals surface area contributed by atoms with E-state index in [1.807, 2.05) is 35.2 Å². The van der Waals surface area contributed by atoms with Crippen molar-refractivity contribution in [1.29, 1.82) is 0 Å². The maximum Gasteiger partial charge on any atom is 0.272 e. The Kier molecular flexibility index (Phi) is 5.19. The number of pyridine rings is 1. The van der Waals surface area contributed by atoms with Crippen molar-refractivity contribution in [2.45, 2.75) is 12.5 Å². The molecule has 1 saturated heterocycles. The maximum absolute atomic E-state index is 13.3. The number of likely N-dealkylation sites (N-methyl/N-ethyl adjacent to an activating group) is 1. The zero-order valence-electron chi connectivity index (χ0n) is 18.6. The van der Waals surface area contributed by atoms with Crippen LogP contribution in [0.3, 0.4) is 0 Å². The first-order valence-electron chi connectivity index (χ1n) is 10.8. The Balaban J connectivity index is 1.51. The van der Waals surface area contributed by atoms with Crippen LogP contribution < -0.4 is 4.74 Å². The molecule has 0 unspecified atom stereocenters. The Morgan fingerprint density at radius 2 is 1.94 bits per heavy atom. The summed E-state index contributed by atoms with van der Waals surface area (Å²) in [4.78, 5) is 17.4. The van der Waals surface area contributed by atoms with Crippen molar-refractivity contribution in [1.82, 2.24) is 24.0 Å². The monoisotopic (exact) mass is 429 g/mol. The lowest BCUT2D eigenvalue weighted by atomic mass is 10.1. The molecule has 7 nitrogen and oxygen atoms in total. The molecule has 5 rings (SSSR count). The zero-order chi connectivity index (χ0) is 22.2. The van der Waals surface area contributed by atoms with Gasteiger partial charge >= 0.3 is 0 Å². The lowest BCUT2D eigenvalue weighted by Crippen LogP contribution is -2.35. The van der Waals surface area contributed by atoms with Gasteiger partial charge in [0.25, 0.3) is 5.91 Å². The second kappa shape index (κ2) is 8.16. The summed E-state index contributed by atoms with van der Waals surface area (Å²) in [6, 6.07) is 18.4. The first kappa shape index (κ1) is 20.3. The molecule has 0 spiro atoms. The van der Waals surface area contributed by atoms with Crippen LogP contribution in [0, 0.1) is 0 Å². The van der Waals surface area contributed by atoms with E-state index in [1.165, 1.54) is 0 Å². The van der Waals surface area contributed by atoms with Crippen LogP contribution in [0.15, 0.2) is 67.0 Å². The molecule has 0 N–H and O–H groups in total. The number of rotatable bonds is 5. The predicted molar refractivity (Wildman–Crippen MR) is 125 cm³/mol. The highest BCUT2D eigenvalue weighted by molar-refractivity contribution is 5.93. The molecule has 1 atom stereocenters. The van der Waals surface area contributed by atoms with Crippen molar-refractivity contribution < 1.29 is 9.53 Å². The number of amides is 1. The molecule has 4 aromatic rings. The summed E-state index contributed by atoms with van der Waals surface area (Å²) in [5.74, 6) is 1.67. The second-order valence-corrected chi connectivity index (χ2v) is 8.42. The molecule has 0 aliphatic carbocycles. The fraction of sp³-hybridized carbons (Fsp3) is 0.280. The van der Waals surface area contributed by atoms with Crippen molar-refractivity contribution in [2.75, 3.05) is 34.3 Å². The normalized spacial score (nSPS) is 16.2. The minimum absolute atomic E-state index is 0.0192. The van der Waals surface area contributed by atoms with Crippen LogP contribution in [0.25, 0.3) is 22.5 Å². The molecular weight excluding hydrogens is 402 g/mol. The summed E-state index contributed by atoms with van der Waals surface area (Å²) in [5.41, 5.74) is 3.74. The van der Waals surface area contributed by atoms with Gasteiger partial charge in [-0.2, -0.15) is 5.10 Å². The van der Waals surface area contributed by atoms with E-state index in [2.05, 4.69) is 52.9 Å². The van der Waals surface area contributed by atoms with Gasteiger partial charge < -0.3 is 18.9 Å². The molecular formula is C25H27N5O2. The Hall–Kier alpha value is -3.58. The molecule has 4 heterocycles. The number of fused-ring (bicyclic) bond motifs is 1. The Morgan fingerprint density at radius 3 is 2.72 bits per heavy atom. The minimum atomic E-state index is 0.0192. The molecule has 1 aliphatic heterocycles. The number of methoxy groups -OCH3 is 1. The van der Waals surface area contributed by atoms with Gasteiger partial charge in [0, 0.05) is 30.8 Å². The van der Waals surface area contributed by atoms with Gasteiger partial charge in [0.2, 0.25) is 0 Å². The van der Waals surface area contributed by atoms with Gasteiger partial charge in [-0.25, -0.2) is 4.68 Å². The van der Waals surface area contributed by atoms with E-state index in [0.29, 0.717) is 11.7 Å². The van der Waals surface area contributed by atoms with Crippen LogP contribution in [-0.4, -0.2) is 70.2 Å². The molecule has 32 heavy (non-hydrogen) atoms. The molecule has 1 aromatic carbocycles. The lowest BCUT2D eigenvalue weighted by Gasteiger charge is -2.20. The molecule has 0 radical (unpaired) electrons. The van der Waals surface area contributed by atoms with E-state index in [-0.39, 0.29) is 5.91 Å². The number of likely N-dealkylation sites (tertiary alicyclic amines) is 1. The van der Waals surface area contributed by atoms with E-state index in [9.17, 15) is 4.79 Å². The Labute approximate surface area is 187 Å². The predicted octanol–water partition coefficient (Wildman–Crippen LogP) is 3.58. The Morgan fingerprint density at radius 1 is 1.09 bits per heavy atom. The van der Waals surface area contributed by atoms with Crippen molar-refractivity contribution in [2.24, 2.45) is 0 Å². The van der Waals surface area contributed by atoms with Gasteiger partial charge in [0.05, 0.1) is 13.3 Å². The summed E-state index contributed by atoms with van der Waals surface area (Å²) < 4.78 is 9.20. The topological polar surface area (TPSA) is 55.0 Å². The number of carbonyl (C=O) groups is 1. The number of nitrogens with zero attached hydrogens (tertiary/aromatic N) is 5. The first-order chi connectivity index (χ1) is 15.5. The van der Waals surface area contributed by atoms with Crippen LogP contribution in [-0.2, 0) is 0 Å². The lowest BCUT2D eigenvalue weighted by molar-refractivity contribution is 0.0774. The fourth-order valence-electron chi connectivity index (χ4n) is 4.39. The van der Waals surface area contributed by atoms with Crippen LogP contribution in [0.4, 0.5) is 0 Å². The van der Waals surface area contributed by atoms with Crippen molar-refractivity contribution >= 4 is 11.4 Å². The third-order valence-electron chi connectivity index (χ3n) is 6.29. The summed E-state index contributed by atoms with van der Waals surface area (Å²) in [6.07, 6.45) is 4.76. The van der Waals surface area contributed by atoms with Crippen LogP contribution in [0.2, 0.25) is 0 Å². The number of hydrogen-bond acceptors (Lipinski definition) is 4. The second-order valence-electron chi connectivity index (χ2n) is 8.42. The quantitative estimate of drug-likeness (QED) is 0.487. The summed E-state index contributed by atoms with van der Waals surface area (Å²) in [6.45, 7) is 1.51. The standard InChI is InChI=1S/C25H27N5O2/c1-27(2)21-12-14-28(17-21)25(31)23-11-13-26-30(23)24-10-9-20-8-7-19(16-29(20)24)18-5-4-6-22(15-18)32-3/h4-11,13,15-16,21H,12,14,17H2,1-3H3/t21-/m1/s1. The maximum atomic E-state index is 13.3. The van der Waals surface area contributed by atoms with Gasteiger partial charge in [-0.15, -0.1) is 0 Å². The molecule has 1 aliphatic rings. The highest BCUT2D eigenvalue weighted by Crippen LogP contribution is 2.26. The number of benzene rings is 1. The number of hydrogen-bond donors (Lipinski definition) is 0. The van der Waals surface area contributed by atoms with E-state index in [1.54, 1.807) is 24.1 Å². The van der Waals surface area contributed by atoms with Crippen molar-refractivity contribution in [3.05, 3.63) is 72.7 Å². The molecule has 1 amide bonds. The van der Waals surface area contributed by atoms with Gasteiger partial charge in [0.1, 0.15) is 17.3 Å². The summed E-state index contributed by atoms with van der Waals surface area (Å²) >= 11 is 0. The largest absolute Gasteiger partial charge is 0.497 e. The molecule has 0 bridgehead atoms. The Bertz CT molecular complexity index is 1270. The SMILES string of the molecule is COc1cccc(-c2ccc3ccc(-n4nccc4C(=O)N4CC[C@@H](N(C)C)C4)n3c2)c1. The van der Waals surface area contributed by atoms with E-state index < -0.39 is 0 Å². The van der Waals surface area contributed by atoms with E-state index in [4.69, 9.17) is 4.74 Å². The van der Waals surface area contributed by atoms with Crippen LogP contribution in [0.5, 0.6) is 5.75 Å². The fourth-order valence-corrected chi connectivity index (χ4v) is 4.39. The third-order valence-corrected chi connectivity index (χ3v) is 6.29.